The average molecular weight is 396 g/mol. The number of halogens is 1. The molecule has 144 valence electrons. The van der Waals surface area contributed by atoms with E-state index in [1.165, 1.54) is 25.7 Å². The molecule has 1 saturated carbocycles. The fourth-order valence-electron chi connectivity index (χ4n) is 4.54. The summed E-state index contributed by atoms with van der Waals surface area (Å²) >= 11 is 6.00. The largest absolute Gasteiger partial charge is 0.478 e. The zero-order valence-electron chi connectivity index (χ0n) is 15.8. The Balaban J connectivity index is 1.63. The van der Waals surface area contributed by atoms with E-state index in [0.717, 1.165) is 23.4 Å². The minimum atomic E-state index is -0.0122. The van der Waals surface area contributed by atoms with Gasteiger partial charge in [0.25, 0.3) is 0 Å². The first-order valence-electron chi connectivity index (χ1n) is 9.84. The first kappa shape index (κ1) is 17.8. The quantitative estimate of drug-likeness (QED) is 0.573. The van der Waals surface area contributed by atoms with Crippen molar-refractivity contribution in [1.82, 2.24) is 4.90 Å². The third-order valence-electron chi connectivity index (χ3n) is 6.02. The maximum absolute atomic E-state index is 13.3. The molecule has 0 bridgehead atoms. The van der Waals surface area contributed by atoms with Gasteiger partial charge in [-0.25, -0.2) is 0 Å². The molecule has 2 aliphatic rings. The second-order valence-electron chi connectivity index (χ2n) is 7.75. The van der Waals surface area contributed by atoms with Crippen LogP contribution in [-0.4, -0.2) is 17.7 Å². The number of hydrogen-bond acceptors (Lipinski definition) is 4. The number of nitrogens with zero attached hydrogens (tertiary/aromatic N) is 1. The molecule has 5 rings (SSSR count). The van der Waals surface area contributed by atoms with Gasteiger partial charge in [0.2, 0.25) is 5.43 Å². The smallest absolute Gasteiger partial charge is 0.200 e. The van der Waals surface area contributed by atoms with E-state index >= 15 is 0 Å². The van der Waals surface area contributed by atoms with E-state index in [1.807, 2.05) is 31.2 Å². The Bertz CT molecular complexity index is 1100. The highest BCUT2D eigenvalue weighted by atomic mass is 35.5. The van der Waals surface area contributed by atoms with Gasteiger partial charge in [-0.15, -0.1) is 0 Å². The number of benzene rings is 2. The number of rotatable bonds is 2. The van der Waals surface area contributed by atoms with Gasteiger partial charge in [-0.2, -0.15) is 0 Å². The summed E-state index contributed by atoms with van der Waals surface area (Å²) in [5, 5.41) is 1.25. The van der Waals surface area contributed by atoms with Gasteiger partial charge in [0, 0.05) is 17.6 Å². The molecule has 0 N–H and O–H groups in total. The highest BCUT2D eigenvalue weighted by molar-refractivity contribution is 6.30. The van der Waals surface area contributed by atoms with Gasteiger partial charge in [0.05, 0.1) is 16.5 Å². The lowest BCUT2D eigenvalue weighted by atomic mass is 10.0. The molecule has 2 heterocycles. The molecule has 0 unspecified atom stereocenters. The van der Waals surface area contributed by atoms with Crippen LogP contribution in [0.25, 0.3) is 22.1 Å². The van der Waals surface area contributed by atoms with E-state index < -0.39 is 0 Å². The summed E-state index contributed by atoms with van der Waals surface area (Å²) in [6.45, 7) is 3.22. The molecule has 0 radical (unpaired) electrons. The molecular formula is C23H22ClNO3. The molecular weight excluding hydrogens is 374 g/mol. The minimum absolute atomic E-state index is 0.0122. The molecule has 28 heavy (non-hydrogen) atoms. The lowest BCUT2D eigenvalue weighted by Crippen LogP contribution is -2.39. The standard InChI is InChI=1S/C23H22ClNO3/c1-14-21(15-6-8-16(24)9-7-15)22(26)18-10-11-20-19(23(18)28-14)12-25(13-27-20)17-4-2-3-5-17/h6-11,17H,2-5,12-13H2,1H3. The number of ether oxygens (including phenoxy) is 1. The van der Waals surface area contributed by atoms with Crippen LogP contribution in [0.3, 0.4) is 0 Å². The van der Waals surface area contributed by atoms with Crippen LogP contribution < -0.4 is 10.2 Å². The first-order chi connectivity index (χ1) is 13.6. The summed E-state index contributed by atoms with van der Waals surface area (Å²) in [5.74, 6) is 1.44. The maximum Gasteiger partial charge on any atom is 0.200 e. The van der Waals surface area contributed by atoms with E-state index in [0.29, 0.717) is 40.1 Å². The van der Waals surface area contributed by atoms with Gasteiger partial charge in [-0.3, -0.25) is 9.69 Å². The molecule has 1 fully saturated rings. The predicted molar refractivity (Wildman–Crippen MR) is 111 cm³/mol. The lowest BCUT2D eigenvalue weighted by molar-refractivity contribution is 0.0581. The van der Waals surface area contributed by atoms with Gasteiger partial charge >= 0.3 is 0 Å². The van der Waals surface area contributed by atoms with E-state index in [2.05, 4.69) is 4.90 Å². The van der Waals surface area contributed by atoms with Crippen LogP contribution in [0.5, 0.6) is 5.75 Å². The van der Waals surface area contributed by atoms with Crippen molar-refractivity contribution in [3.8, 4) is 16.9 Å². The summed E-state index contributed by atoms with van der Waals surface area (Å²) in [6, 6.07) is 11.6. The van der Waals surface area contributed by atoms with E-state index in [-0.39, 0.29) is 5.43 Å². The van der Waals surface area contributed by atoms with Crippen molar-refractivity contribution < 1.29 is 9.15 Å². The third kappa shape index (κ3) is 2.92. The first-order valence-corrected chi connectivity index (χ1v) is 10.2. The molecule has 0 amide bonds. The summed E-state index contributed by atoms with van der Waals surface area (Å²) in [5.41, 5.74) is 3.04. The van der Waals surface area contributed by atoms with Crippen molar-refractivity contribution >= 4 is 22.6 Å². The lowest BCUT2D eigenvalue weighted by Gasteiger charge is -2.33. The zero-order valence-corrected chi connectivity index (χ0v) is 16.6. The molecule has 0 saturated heterocycles. The minimum Gasteiger partial charge on any atom is -0.478 e. The summed E-state index contributed by atoms with van der Waals surface area (Å²) in [4.78, 5) is 15.7. The fraction of sp³-hybridized carbons (Fsp3) is 0.348. The van der Waals surface area contributed by atoms with Gasteiger partial charge in [-0.1, -0.05) is 36.6 Å². The number of aryl methyl sites for hydroxylation is 1. The van der Waals surface area contributed by atoms with Gasteiger partial charge in [-0.05, 0) is 49.6 Å². The second-order valence-corrected chi connectivity index (χ2v) is 8.18. The van der Waals surface area contributed by atoms with Gasteiger partial charge < -0.3 is 9.15 Å². The summed E-state index contributed by atoms with van der Waals surface area (Å²) in [6.07, 6.45) is 4.99. The molecule has 1 aliphatic carbocycles. The molecule has 4 nitrogen and oxygen atoms in total. The Hall–Kier alpha value is -2.30. The normalized spacial score (nSPS) is 17.6. The monoisotopic (exact) mass is 395 g/mol. The fourth-order valence-corrected chi connectivity index (χ4v) is 4.67. The SMILES string of the molecule is Cc1oc2c3c(ccc2c(=O)c1-c1ccc(Cl)cc1)OCN(C1CCCC1)C3. The maximum atomic E-state index is 13.3. The Morgan fingerprint density at radius 3 is 2.57 bits per heavy atom. The van der Waals surface area contributed by atoms with Crippen LogP contribution in [0.15, 0.2) is 45.6 Å². The van der Waals surface area contributed by atoms with Gasteiger partial charge in [0.15, 0.2) is 0 Å². The van der Waals surface area contributed by atoms with Crippen molar-refractivity contribution in [3.63, 3.8) is 0 Å². The van der Waals surface area contributed by atoms with Crippen molar-refractivity contribution in [2.24, 2.45) is 0 Å². The predicted octanol–water partition coefficient (Wildman–Crippen LogP) is 5.52. The van der Waals surface area contributed by atoms with Crippen LogP contribution in [0, 0.1) is 6.92 Å². The van der Waals surface area contributed by atoms with E-state index in [4.69, 9.17) is 20.8 Å². The van der Waals surface area contributed by atoms with Crippen molar-refractivity contribution in [2.75, 3.05) is 6.73 Å². The highest BCUT2D eigenvalue weighted by Crippen LogP contribution is 2.36. The van der Waals surface area contributed by atoms with Crippen molar-refractivity contribution in [1.29, 1.82) is 0 Å². The highest BCUT2D eigenvalue weighted by Gasteiger charge is 2.29. The molecule has 3 aromatic rings. The van der Waals surface area contributed by atoms with Crippen molar-refractivity contribution in [3.05, 3.63) is 63.0 Å². The zero-order chi connectivity index (χ0) is 19.3. The molecule has 2 aromatic carbocycles. The Kier molecular flexibility index (Phi) is 4.41. The Morgan fingerprint density at radius 2 is 1.82 bits per heavy atom. The van der Waals surface area contributed by atoms with Crippen LogP contribution in [-0.2, 0) is 6.54 Å². The van der Waals surface area contributed by atoms with Crippen LogP contribution in [0.1, 0.15) is 37.0 Å². The molecule has 1 aromatic heterocycles. The Labute approximate surface area is 168 Å². The Morgan fingerprint density at radius 1 is 1.07 bits per heavy atom. The number of hydrogen-bond donors (Lipinski definition) is 0. The van der Waals surface area contributed by atoms with Crippen LogP contribution in [0.4, 0.5) is 0 Å². The van der Waals surface area contributed by atoms with Crippen molar-refractivity contribution in [2.45, 2.75) is 45.2 Å². The van der Waals surface area contributed by atoms with E-state index in [9.17, 15) is 4.79 Å². The summed E-state index contributed by atoms with van der Waals surface area (Å²) in [7, 11) is 0. The molecule has 1 aliphatic heterocycles. The molecule has 0 atom stereocenters. The topological polar surface area (TPSA) is 42.7 Å². The average Bonchev–Trinajstić information content (AvgIpc) is 3.24. The number of fused-ring (bicyclic) bond motifs is 3. The second kappa shape index (κ2) is 6.94. The third-order valence-corrected chi connectivity index (χ3v) is 6.27. The molecule has 5 heteroatoms. The van der Waals surface area contributed by atoms with E-state index in [1.54, 1.807) is 12.1 Å². The van der Waals surface area contributed by atoms with Crippen LogP contribution >= 0.6 is 11.6 Å². The summed E-state index contributed by atoms with van der Waals surface area (Å²) < 4.78 is 12.2. The van der Waals surface area contributed by atoms with Gasteiger partial charge in [0.1, 0.15) is 23.8 Å². The van der Waals surface area contributed by atoms with Crippen LogP contribution in [0.2, 0.25) is 5.02 Å². The molecule has 0 spiro atoms.